The van der Waals surface area contributed by atoms with Gasteiger partial charge in [0.05, 0.1) is 28.4 Å². The van der Waals surface area contributed by atoms with Crippen LogP contribution in [-0.2, 0) is 0 Å². The lowest BCUT2D eigenvalue weighted by molar-refractivity contribution is 0.102. The molecule has 0 radical (unpaired) electrons. The fourth-order valence-electron chi connectivity index (χ4n) is 2.87. The van der Waals surface area contributed by atoms with Crippen LogP contribution in [0.15, 0.2) is 65.3 Å². The SMILES string of the molecule is COc1ccc(C(=O)Nc2c(Cl)cncc2Cl)cc1-c1cc2ccccc2o1. The van der Waals surface area contributed by atoms with Crippen LogP contribution in [0.3, 0.4) is 0 Å². The van der Waals surface area contributed by atoms with Gasteiger partial charge in [0.2, 0.25) is 0 Å². The van der Waals surface area contributed by atoms with Gasteiger partial charge in [-0.05, 0) is 30.3 Å². The monoisotopic (exact) mass is 412 g/mol. The van der Waals surface area contributed by atoms with Crippen molar-refractivity contribution in [2.45, 2.75) is 0 Å². The largest absolute Gasteiger partial charge is 0.496 e. The Labute approximate surface area is 170 Å². The van der Waals surface area contributed by atoms with Gasteiger partial charge in [0, 0.05) is 23.3 Å². The minimum absolute atomic E-state index is 0.256. The molecule has 4 aromatic rings. The maximum atomic E-state index is 12.8. The molecule has 0 unspecified atom stereocenters. The van der Waals surface area contributed by atoms with Gasteiger partial charge >= 0.3 is 0 Å². The third-order valence-electron chi connectivity index (χ3n) is 4.24. The number of halogens is 2. The van der Waals surface area contributed by atoms with E-state index in [1.54, 1.807) is 25.3 Å². The standard InChI is InChI=1S/C21H14Cl2N2O3/c1-27-18-7-6-13(21(26)25-20-15(22)10-24-11-16(20)23)8-14(18)19-9-12-4-2-3-5-17(12)28-19/h2-11H,1H3,(H,24,25,26). The number of methoxy groups -OCH3 is 1. The van der Waals surface area contributed by atoms with Crippen LogP contribution in [-0.4, -0.2) is 18.0 Å². The van der Waals surface area contributed by atoms with Gasteiger partial charge in [-0.25, -0.2) is 0 Å². The number of ether oxygens (including phenoxy) is 1. The molecule has 4 rings (SSSR count). The lowest BCUT2D eigenvalue weighted by Crippen LogP contribution is -2.13. The van der Waals surface area contributed by atoms with Gasteiger partial charge < -0.3 is 14.5 Å². The molecule has 0 atom stereocenters. The van der Waals surface area contributed by atoms with Gasteiger partial charge in [-0.1, -0.05) is 41.4 Å². The highest BCUT2D eigenvalue weighted by atomic mass is 35.5. The number of para-hydroxylation sites is 1. The number of rotatable bonds is 4. The smallest absolute Gasteiger partial charge is 0.255 e. The molecule has 1 amide bonds. The summed E-state index contributed by atoms with van der Waals surface area (Å²) < 4.78 is 11.4. The van der Waals surface area contributed by atoms with E-state index < -0.39 is 0 Å². The summed E-state index contributed by atoms with van der Waals surface area (Å²) in [4.78, 5) is 16.6. The van der Waals surface area contributed by atoms with Crippen LogP contribution < -0.4 is 10.1 Å². The van der Waals surface area contributed by atoms with Crippen LogP contribution in [0.2, 0.25) is 10.0 Å². The van der Waals surface area contributed by atoms with Gasteiger partial charge in [0.15, 0.2) is 0 Å². The Morgan fingerprint density at radius 1 is 1.07 bits per heavy atom. The number of carbonyl (C=O) groups is 1. The molecular weight excluding hydrogens is 399 g/mol. The number of benzene rings is 2. The zero-order valence-corrected chi connectivity index (χ0v) is 16.2. The molecule has 0 aliphatic rings. The van der Waals surface area contributed by atoms with Crippen LogP contribution in [0.5, 0.6) is 5.75 Å². The van der Waals surface area contributed by atoms with E-state index in [4.69, 9.17) is 32.4 Å². The second-order valence-electron chi connectivity index (χ2n) is 6.00. The number of aromatic nitrogens is 1. The number of furan rings is 1. The predicted molar refractivity (Wildman–Crippen MR) is 110 cm³/mol. The minimum Gasteiger partial charge on any atom is -0.496 e. The number of anilines is 1. The van der Waals surface area contributed by atoms with E-state index in [1.807, 2.05) is 30.3 Å². The highest BCUT2D eigenvalue weighted by Crippen LogP contribution is 2.35. The van der Waals surface area contributed by atoms with E-state index in [9.17, 15) is 4.79 Å². The molecule has 0 saturated carbocycles. The summed E-state index contributed by atoms with van der Waals surface area (Å²) in [5, 5.41) is 4.20. The molecule has 7 heteroatoms. The summed E-state index contributed by atoms with van der Waals surface area (Å²) in [6.07, 6.45) is 2.83. The Morgan fingerprint density at radius 3 is 2.54 bits per heavy atom. The van der Waals surface area contributed by atoms with Crippen molar-refractivity contribution in [3.05, 3.63) is 76.5 Å². The molecule has 0 fully saturated rings. The second-order valence-corrected chi connectivity index (χ2v) is 6.81. The Balaban J connectivity index is 1.73. The van der Waals surface area contributed by atoms with Crippen molar-refractivity contribution >= 4 is 45.8 Å². The molecule has 2 aromatic heterocycles. The highest BCUT2D eigenvalue weighted by Gasteiger charge is 2.17. The quantitative estimate of drug-likeness (QED) is 0.442. The second kappa shape index (κ2) is 7.54. The molecule has 0 saturated heterocycles. The lowest BCUT2D eigenvalue weighted by Gasteiger charge is -2.11. The van der Waals surface area contributed by atoms with Crippen LogP contribution in [0.25, 0.3) is 22.3 Å². The van der Waals surface area contributed by atoms with E-state index in [2.05, 4.69) is 10.3 Å². The van der Waals surface area contributed by atoms with Crippen LogP contribution in [0.4, 0.5) is 5.69 Å². The fraction of sp³-hybridized carbons (Fsp3) is 0.0476. The van der Waals surface area contributed by atoms with Crippen molar-refractivity contribution in [2.24, 2.45) is 0 Å². The molecule has 0 aliphatic carbocycles. The summed E-state index contributed by atoms with van der Waals surface area (Å²) >= 11 is 12.2. The third-order valence-corrected chi connectivity index (χ3v) is 4.82. The van der Waals surface area contributed by atoms with Crippen molar-refractivity contribution in [3.8, 4) is 17.1 Å². The maximum Gasteiger partial charge on any atom is 0.255 e. The number of pyridine rings is 1. The van der Waals surface area contributed by atoms with Gasteiger partial charge in [-0.3, -0.25) is 9.78 Å². The molecule has 0 aliphatic heterocycles. The molecule has 5 nitrogen and oxygen atoms in total. The van der Waals surface area contributed by atoms with Crippen molar-refractivity contribution in [1.29, 1.82) is 0 Å². The molecule has 0 spiro atoms. The first-order valence-electron chi connectivity index (χ1n) is 8.34. The van der Waals surface area contributed by atoms with Gasteiger partial charge in [-0.2, -0.15) is 0 Å². The molecule has 2 aromatic carbocycles. The number of hydrogen-bond donors (Lipinski definition) is 1. The first-order valence-corrected chi connectivity index (χ1v) is 9.10. The zero-order chi connectivity index (χ0) is 19.7. The number of nitrogens with one attached hydrogen (secondary N) is 1. The third kappa shape index (κ3) is 3.42. The fourth-order valence-corrected chi connectivity index (χ4v) is 3.33. The van der Waals surface area contributed by atoms with Crippen molar-refractivity contribution in [2.75, 3.05) is 12.4 Å². The van der Waals surface area contributed by atoms with Crippen molar-refractivity contribution < 1.29 is 13.9 Å². The number of amides is 1. The van der Waals surface area contributed by atoms with Crippen LogP contribution in [0.1, 0.15) is 10.4 Å². The summed E-state index contributed by atoms with van der Waals surface area (Å²) in [5.41, 5.74) is 2.13. The minimum atomic E-state index is -0.366. The van der Waals surface area contributed by atoms with E-state index >= 15 is 0 Å². The van der Waals surface area contributed by atoms with E-state index in [-0.39, 0.29) is 16.0 Å². The molecule has 0 bridgehead atoms. The average Bonchev–Trinajstić information content (AvgIpc) is 3.14. The van der Waals surface area contributed by atoms with Gasteiger partial charge in [0.1, 0.15) is 17.1 Å². The molecule has 140 valence electrons. The van der Waals surface area contributed by atoms with E-state index in [1.165, 1.54) is 12.4 Å². The zero-order valence-electron chi connectivity index (χ0n) is 14.7. The number of fused-ring (bicyclic) bond motifs is 1. The Morgan fingerprint density at radius 2 is 1.82 bits per heavy atom. The molecule has 2 heterocycles. The topological polar surface area (TPSA) is 64.4 Å². The summed E-state index contributed by atoms with van der Waals surface area (Å²) in [7, 11) is 1.57. The van der Waals surface area contributed by atoms with Gasteiger partial charge in [0.25, 0.3) is 5.91 Å². The summed E-state index contributed by atoms with van der Waals surface area (Å²) in [6.45, 7) is 0. The average molecular weight is 413 g/mol. The number of carbonyl (C=O) groups excluding carboxylic acids is 1. The van der Waals surface area contributed by atoms with Gasteiger partial charge in [-0.15, -0.1) is 0 Å². The normalized spacial score (nSPS) is 10.8. The van der Waals surface area contributed by atoms with E-state index in [0.717, 1.165) is 11.0 Å². The first-order chi connectivity index (χ1) is 13.6. The maximum absolute atomic E-state index is 12.8. The van der Waals surface area contributed by atoms with E-state index in [0.29, 0.717) is 28.3 Å². The van der Waals surface area contributed by atoms with Crippen molar-refractivity contribution in [3.63, 3.8) is 0 Å². The Kier molecular flexibility index (Phi) is 4.94. The Bertz CT molecular complexity index is 1130. The summed E-state index contributed by atoms with van der Waals surface area (Å²) in [5.74, 6) is 0.832. The van der Waals surface area contributed by atoms with Crippen molar-refractivity contribution in [1.82, 2.24) is 4.98 Å². The Hall–Kier alpha value is -3.02. The number of hydrogen-bond acceptors (Lipinski definition) is 4. The first kappa shape index (κ1) is 18.3. The van der Waals surface area contributed by atoms with Crippen LogP contribution >= 0.6 is 23.2 Å². The van der Waals surface area contributed by atoms with Crippen LogP contribution in [0, 0.1) is 0 Å². The molecular formula is C21H14Cl2N2O3. The molecule has 1 N–H and O–H groups in total. The number of nitrogens with zero attached hydrogens (tertiary/aromatic N) is 1. The highest BCUT2D eigenvalue weighted by molar-refractivity contribution is 6.39. The summed E-state index contributed by atoms with van der Waals surface area (Å²) in [6, 6.07) is 14.7. The lowest BCUT2D eigenvalue weighted by atomic mass is 10.1. The molecule has 28 heavy (non-hydrogen) atoms. The predicted octanol–water partition coefficient (Wildman–Crippen LogP) is 6.06.